The van der Waals surface area contributed by atoms with Gasteiger partial charge in [0, 0.05) is 23.9 Å². The van der Waals surface area contributed by atoms with Gasteiger partial charge >= 0.3 is 5.69 Å². The number of aliphatic hydroxyl groups is 2. The van der Waals surface area contributed by atoms with Crippen molar-refractivity contribution < 1.29 is 14.7 Å². The number of anilines is 1. The summed E-state index contributed by atoms with van der Waals surface area (Å²) in [4.78, 5) is 23.0. The van der Waals surface area contributed by atoms with Crippen molar-refractivity contribution in [3.05, 3.63) is 64.0 Å². The number of fused-ring (bicyclic) bond motifs is 1. The molecule has 0 saturated heterocycles. The lowest BCUT2D eigenvalue weighted by atomic mass is 10.0. The van der Waals surface area contributed by atoms with Crippen molar-refractivity contribution in [2.24, 2.45) is 0 Å². The van der Waals surface area contributed by atoms with Crippen molar-refractivity contribution >= 4 is 17.0 Å². The van der Waals surface area contributed by atoms with Gasteiger partial charge in [-0.1, -0.05) is 17.0 Å². The Morgan fingerprint density at radius 2 is 2.17 bits per heavy atom. The van der Waals surface area contributed by atoms with E-state index >= 15 is 0 Å². The molecule has 0 aliphatic carbocycles. The molecule has 3 aromatic heterocycles. The molecule has 0 radical (unpaired) electrons. The topological polar surface area (TPSA) is 156 Å². The molecule has 29 heavy (non-hydrogen) atoms. The summed E-state index contributed by atoms with van der Waals surface area (Å²) in [6.45, 7) is 1.14. The highest BCUT2D eigenvalue weighted by molar-refractivity contribution is 5.78. The van der Waals surface area contributed by atoms with Crippen LogP contribution in [0.15, 0.2) is 45.8 Å². The van der Waals surface area contributed by atoms with Gasteiger partial charge in [-0.15, -0.1) is 0 Å². The van der Waals surface area contributed by atoms with Crippen LogP contribution < -0.4 is 11.4 Å². The molecule has 0 fully saturated rings. The number of nitrogens with zero attached hydrogens (tertiary/aromatic N) is 4. The monoisotopic (exact) mass is 392 g/mol. The number of hydrogen-bond acceptors (Lipinski definition) is 8. The Balaban J connectivity index is 1.76. The molecule has 0 amide bonds. The van der Waals surface area contributed by atoms with Gasteiger partial charge in [-0.2, -0.15) is 4.98 Å². The van der Waals surface area contributed by atoms with Gasteiger partial charge in [-0.05, 0) is 25.1 Å². The van der Waals surface area contributed by atoms with E-state index in [1.807, 2.05) is 0 Å². The predicted molar refractivity (Wildman–Crippen MR) is 103 cm³/mol. The van der Waals surface area contributed by atoms with Crippen LogP contribution in [-0.2, 0) is 12.2 Å². The van der Waals surface area contributed by atoms with Gasteiger partial charge in [0.15, 0.2) is 11.4 Å². The first-order chi connectivity index (χ1) is 13.9. The van der Waals surface area contributed by atoms with Gasteiger partial charge in [0.25, 0.3) is 0 Å². The number of imidazole rings is 1. The summed E-state index contributed by atoms with van der Waals surface area (Å²) in [6.07, 6.45) is 1.46. The second kappa shape index (κ2) is 6.90. The van der Waals surface area contributed by atoms with E-state index in [-0.39, 0.29) is 29.7 Å². The largest absolute Gasteiger partial charge is 0.388 e. The summed E-state index contributed by atoms with van der Waals surface area (Å²) in [7, 11) is 0. The third kappa shape index (κ3) is 3.47. The summed E-state index contributed by atoms with van der Waals surface area (Å²) in [5.74, 6) is 6.20. The summed E-state index contributed by atoms with van der Waals surface area (Å²) < 4.78 is 6.26. The zero-order valence-corrected chi connectivity index (χ0v) is 15.2. The highest BCUT2D eigenvalue weighted by atomic mass is 16.5. The number of aromatic nitrogens is 5. The van der Waals surface area contributed by atoms with Gasteiger partial charge in [0.1, 0.15) is 18.1 Å². The lowest BCUT2D eigenvalue weighted by Crippen LogP contribution is -2.18. The molecule has 10 nitrogen and oxygen atoms in total. The van der Waals surface area contributed by atoms with Gasteiger partial charge in [-0.25, -0.2) is 14.3 Å². The van der Waals surface area contributed by atoms with E-state index in [9.17, 15) is 9.90 Å². The average molecular weight is 392 g/mol. The minimum Gasteiger partial charge on any atom is -0.388 e. The molecule has 4 rings (SSSR count). The molecule has 1 unspecified atom stereocenters. The smallest absolute Gasteiger partial charge is 0.332 e. The summed E-state index contributed by atoms with van der Waals surface area (Å²) in [5, 5.41) is 23.4. The molecule has 4 aromatic rings. The predicted octanol–water partition coefficient (Wildman–Crippen LogP) is 0.431. The van der Waals surface area contributed by atoms with Crippen molar-refractivity contribution in [2.75, 3.05) is 5.73 Å². The SMILES string of the molecule is CC(O)(C#Cc1ccc2[nH]c(=O)n(-c3ccnc(N)n3)c2c1)c1cc(CO)on1. The van der Waals surface area contributed by atoms with Gasteiger partial charge < -0.3 is 25.5 Å². The first-order valence-corrected chi connectivity index (χ1v) is 8.53. The normalized spacial score (nSPS) is 13.1. The van der Waals surface area contributed by atoms with E-state index in [1.54, 1.807) is 24.3 Å². The van der Waals surface area contributed by atoms with Crippen molar-refractivity contribution in [1.29, 1.82) is 0 Å². The molecule has 10 heteroatoms. The van der Waals surface area contributed by atoms with Crippen LogP contribution in [0.3, 0.4) is 0 Å². The molecule has 0 aliphatic heterocycles. The Hall–Kier alpha value is -3.94. The lowest BCUT2D eigenvalue weighted by Gasteiger charge is -2.11. The first-order valence-electron chi connectivity index (χ1n) is 8.53. The molecule has 0 aliphatic rings. The second-order valence-electron chi connectivity index (χ2n) is 6.43. The number of rotatable bonds is 3. The molecule has 5 N–H and O–H groups in total. The van der Waals surface area contributed by atoms with Gasteiger partial charge in [0.05, 0.1) is 11.0 Å². The second-order valence-corrected chi connectivity index (χ2v) is 6.43. The zero-order chi connectivity index (χ0) is 20.6. The maximum Gasteiger partial charge on any atom is 0.332 e. The van der Waals surface area contributed by atoms with E-state index in [0.717, 1.165) is 0 Å². The third-order valence-corrected chi connectivity index (χ3v) is 4.24. The number of aliphatic hydroxyl groups excluding tert-OH is 1. The lowest BCUT2D eigenvalue weighted by molar-refractivity contribution is 0.112. The Kier molecular flexibility index (Phi) is 4.38. The van der Waals surface area contributed by atoms with E-state index in [2.05, 4.69) is 31.9 Å². The van der Waals surface area contributed by atoms with Crippen LogP contribution in [-0.4, -0.2) is 34.9 Å². The summed E-state index contributed by atoms with van der Waals surface area (Å²) >= 11 is 0. The molecule has 0 bridgehead atoms. The number of nitrogen functional groups attached to an aromatic ring is 1. The Morgan fingerprint density at radius 3 is 2.90 bits per heavy atom. The Bertz CT molecular complexity index is 1320. The van der Waals surface area contributed by atoms with Crippen molar-refractivity contribution in [3.63, 3.8) is 0 Å². The number of nitrogens with one attached hydrogen (secondary N) is 1. The third-order valence-electron chi connectivity index (χ3n) is 4.24. The molecule has 3 heterocycles. The van der Waals surface area contributed by atoms with E-state index in [1.165, 1.54) is 23.8 Å². The van der Waals surface area contributed by atoms with Crippen molar-refractivity contribution in [2.45, 2.75) is 19.1 Å². The standard InChI is InChI=1S/C19H16N6O4/c1-19(28,15-9-12(10-26)29-24-15)6-4-11-2-3-13-14(8-11)25(18(27)22-13)16-5-7-21-17(20)23-16/h2-3,5,7-9,26,28H,10H2,1H3,(H,22,27)(H2,20,21,23). The van der Waals surface area contributed by atoms with Crippen LogP contribution in [0.4, 0.5) is 5.95 Å². The van der Waals surface area contributed by atoms with Crippen LogP contribution in [0, 0.1) is 11.8 Å². The molecular formula is C19H16N6O4. The number of H-pyrrole nitrogens is 1. The van der Waals surface area contributed by atoms with Crippen LogP contribution in [0.2, 0.25) is 0 Å². The minimum atomic E-state index is -1.59. The molecule has 146 valence electrons. The molecule has 0 spiro atoms. The van der Waals surface area contributed by atoms with Crippen molar-refractivity contribution in [3.8, 4) is 17.7 Å². The fourth-order valence-electron chi connectivity index (χ4n) is 2.77. The minimum absolute atomic E-state index is 0.0469. The quantitative estimate of drug-likeness (QED) is 0.366. The molecule has 0 saturated carbocycles. The number of benzene rings is 1. The zero-order valence-electron chi connectivity index (χ0n) is 15.2. The van der Waals surface area contributed by atoms with E-state index < -0.39 is 5.60 Å². The molecule has 1 aromatic carbocycles. The Morgan fingerprint density at radius 1 is 1.34 bits per heavy atom. The highest BCUT2D eigenvalue weighted by Crippen LogP contribution is 2.20. The summed E-state index contributed by atoms with van der Waals surface area (Å²) in [5.41, 5.74) is 5.53. The fourth-order valence-corrected chi connectivity index (χ4v) is 2.77. The molecule has 1 atom stereocenters. The van der Waals surface area contributed by atoms with E-state index in [4.69, 9.17) is 15.4 Å². The van der Waals surface area contributed by atoms with Crippen LogP contribution in [0.25, 0.3) is 16.9 Å². The van der Waals surface area contributed by atoms with Crippen LogP contribution in [0.5, 0.6) is 0 Å². The Labute approximate surface area is 163 Å². The maximum absolute atomic E-state index is 12.4. The van der Waals surface area contributed by atoms with Gasteiger partial charge in [0.2, 0.25) is 5.95 Å². The van der Waals surface area contributed by atoms with Gasteiger partial charge in [-0.3, -0.25) is 0 Å². The maximum atomic E-state index is 12.4. The number of hydrogen-bond donors (Lipinski definition) is 4. The van der Waals surface area contributed by atoms with Crippen LogP contribution in [0.1, 0.15) is 23.9 Å². The first kappa shape index (κ1) is 18.4. The van der Waals surface area contributed by atoms with E-state index in [0.29, 0.717) is 22.4 Å². The number of nitrogens with two attached hydrogens (primary N) is 1. The highest BCUT2D eigenvalue weighted by Gasteiger charge is 2.25. The fraction of sp³-hybridized carbons (Fsp3) is 0.158. The average Bonchev–Trinajstić information content (AvgIpc) is 3.30. The number of aromatic amines is 1. The molecular weight excluding hydrogens is 376 g/mol. The van der Waals surface area contributed by atoms with Crippen molar-refractivity contribution in [1.82, 2.24) is 24.7 Å². The van der Waals surface area contributed by atoms with Crippen LogP contribution >= 0.6 is 0 Å². The summed E-state index contributed by atoms with van der Waals surface area (Å²) in [6, 6.07) is 8.10.